The highest BCUT2D eigenvalue weighted by Crippen LogP contribution is 2.30. The molecule has 3 heterocycles. The van der Waals surface area contributed by atoms with Gasteiger partial charge in [-0.05, 0) is 72.4 Å². The lowest BCUT2D eigenvalue weighted by Gasteiger charge is -2.40. The lowest BCUT2D eigenvalue weighted by atomic mass is 9.95. The van der Waals surface area contributed by atoms with Gasteiger partial charge >= 0.3 is 0 Å². The molecule has 202 valence electrons. The van der Waals surface area contributed by atoms with E-state index in [1.54, 1.807) is 6.20 Å². The van der Waals surface area contributed by atoms with Gasteiger partial charge in [-0.3, -0.25) is 25.0 Å². The minimum Gasteiger partial charge on any atom is -0.379 e. The Labute approximate surface area is 233 Å². The lowest BCUT2D eigenvalue weighted by Crippen LogP contribution is -2.50. The maximum atomic E-state index is 13.5. The van der Waals surface area contributed by atoms with E-state index in [0.29, 0.717) is 21.9 Å². The average Bonchev–Trinajstić information content (AvgIpc) is 2.98. The van der Waals surface area contributed by atoms with Crippen molar-refractivity contribution in [1.29, 1.82) is 5.26 Å². The second-order valence-electron chi connectivity index (χ2n) is 10.4. The molecule has 0 spiro atoms. The minimum atomic E-state index is -0.174. The number of aromatic nitrogens is 2. The number of anilines is 1. The number of benzene rings is 1. The van der Waals surface area contributed by atoms with Gasteiger partial charge in [0.05, 0.1) is 23.7 Å². The maximum Gasteiger partial charge on any atom is 0.269 e. The number of hydrogen-bond acceptors (Lipinski definition) is 8. The molecule has 1 aromatic heterocycles. The van der Waals surface area contributed by atoms with Crippen LogP contribution in [0.25, 0.3) is 0 Å². The van der Waals surface area contributed by atoms with Gasteiger partial charge in [-0.15, -0.1) is 0 Å². The predicted octanol–water partition coefficient (Wildman–Crippen LogP) is 3.89. The number of rotatable bonds is 7. The summed E-state index contributed by atoms with van der Waals surface area (Å²) in [5.74, 6) is 0.432. The van der Waals surface area contributed by atoms with Crippen LogP contribution in [0, 0.1) is 11.3 Å². The summed E-state index contributed by atoms with van der Waals surface area (Å²) >= 11 is 3.53. The second kappa shape index (κ2) is 13.0. The van der Waals surface area contributed by atoms with Crippen LogP contribution in [-0.2, 0) is 11.3 Å². The van der Waals surface area contributed by atoms with Crippen LogP contribution in [0.1, 0.15) is 66.7 Å². The first-order valence-corrected chi connectivity index (χ1v) is 14.6. The Balaban J connectivity index is 1.25. The molecule has 3 aliphatic rings. The molecule has 1 amide bonds. The van der Waals surface area contributed by atoms with Crippen molar-refractivity contribution < 1.29 is 9.53 Å². The third kappa shape index (κ3) is 6.70. The lowest BCUT2D eigenvalue weighted by molar-refractivity contribution is 0.000228. The van der Waals surface area contributed by atoms with Crippen molar-refractivity contribution in [3.8, 4) is 6.07 Å². The fraction of sp³-hybridized carbons (Fsp3) is 0.571. The molecule has 0 unspecified atom stereocenters. The van der Waals surface area contributed by atoms with Gasteiger partial charge in [0.15, 0.2) is 5.82 Å². The zero-order chi connectivity index (χ0) is 26.3. The first-order chi connectivity index (χ1) is 18.6. The van der Waals surface area contributed by atoms with E-state index in [9.17, 15) is 10.1 Å². The molecule has 38 heavy (non-hydrogen) atoms. The fourth-order valence-corrected chi connectivity index (χ4v) is 6.25. The molecule has 2 aromatic rings. The number of carbonyl (C=O) groups is 1. The van der Waals surface area contributed by atoms with Crippen LogP contribution >= 0.6 is 15.9 Å². The number of morpholine rings is 1. The molecule has 1 N–H and O–H groups in total. The van der Waals surface area contributed by atoms with Gasteiger partial charge in [-0.1, -0.05) is 31.4 Å². The van der Waals surface area contributed by atoms with Crippen molar-refractivity contribution >= 4 is 27.7 Å². The highest BCUT2D eigenvalue weighted by atomic mass is 79.9. The van der Waals surface area contributed by atoms with Gasteiger partial charge in [0.25, 0.3) is 5.91 Å². The zero-order valence-corrected chi connectivity index (χ0v) is 23.4. The Kier molecular flexibility index (Phi) is 9.22. The third-order valence-corrected chi connectivity index (χ3v) is 8.49. The number of nitrogens with zero attached hydrogens (tertiary/aromatic N) is 6. The molecule has 0 atom stereocenters. The topological polar surface area (TPSA) is 97.6 Å². The summed E-state index contributed by atoms with van der Waals surface area (Å²) in [6, 6.07) is 10.7. The number of hydrazine groups is 1. The summed E-state index contributed by atoms with van der Waals surface area (Å²) in [6.07, 6.45) is 9.23. The number of nitriles is 1. The van der Waals surface area contributed by atoms with Crippen LogP contribution in [0.15, 0.2) is 34.9 Å². The molecule has 2 saturated heterocycles. The monoisotopic (exact) mass is 581 g/mol. The molecule has 5 rings (SSSR count). The molecule has 10 heteroatoms. The molecule has 2 aliphatic heterocycles. The van der Waals surface area contributed by atoms with Crippen LogP contribution in [0.4, 0.5) is 5.82 Å². The Morgan fingerprint density at radius 1 is 1.13 bits per heavy atom. The number of amides is 1. The van der Waals surface area contributed by atoms with Gasteiger partial charge in [0.1, 0.15) is 6.07 Å². The number of piperidine rings is 1. The Morgan fingerprint density at radius 3 is 2.63 bits per heavy atom. The maximum absolute atomic E-state index is 13.5. The quantitative estimate of drug-likeness (QED) is 0.492. The van der Waals surface area contributed by atoms with E-state index in [1.165, 1.54) is 19.3 Å². The number of carbonyl (C=O) groups excluding carboxylic acids is 1. The number of hydrogen-bond donors (Lipinski definition) is 1. The van der Waals surface area contributed by atoms with Gasteiger partial charge in [0, 0.05) is 37.4 Å². The molecular weight excluding hydrogens is 546 g/mol. The van der Waals surface area contributed by atoms with E-state index in [0.717, 1.165) is 77.2 Å². The second-order valence-corrected chi connectivity index (χ2v) is 11.3. The molecule has 1 aromatic carbocycles. The smallest absolute Gasteiger partial charge is 0.269 e. The number of ether oxygens (including phenoxy) is 1. The SMILES string of the molecule is N#Cc1ncc(Br)c(N(NC(=O)c2cccc(CN3CCC(N4CCOCC4)CC3)c2)C2CCCCC2)n1. The fourth-order valence-electron chi connectivity index (χ4n) is 5.87. The summed E-state index contributed by atoms with van der Waals surface area (Å²) in [7, 11) is 0. The number of halogens is 1. The van der Waals surface area contributed by atoms with Crippen LogP contribution in [0.2, 0.25) is 0 Å². The Bertz CT molecular complexity index is 1140. The molecule has 1 aliphatic carbocycles. The van der Waals surface area contributed by atoms with Crippen molar-refractivity contribution in [2.45, 2.75) is 63.6 Å². The molecule has 0 radical (unpaired) electrons. The summed E-state index contributed by atoms with van der Waals surface area (Å²) < 4.78 is 6.16. The van der Waals surface area contributed by atoms with Gasteiger partial charge in [-0.25, -0.2) is 4.98 Å². The van der Waals surface area contributed by atoms with Crippen molar-refractivity contribution in [3.05, 3.63) is 51.9 Å². The standard InChI is InChI=1S/C28H36BrN7O2/c29-25-19-31-26(18-30)32-27(25)36(24-7-2-1-3-8-24)33-28(37)22-6-4-5-21(17-22)20-34-11-9-23(10-12-34)35-13-15-38-16-14-35/h4-6,17,19,23-24H,1-3,7-16,20H2,(H,33,37). The van der Waals surface area contributed by atoms with Crippen molar-refractivity contribution in [3.63, 3.8) is 0 Å². The summed E-state index contributed by atoms with van der Waals surface area (Å²) in [6.45, 7) is 6.76. The Morgan fingerprint density at radius 2 is 1.89 bits per heavy atom. The zero-order valence-electron chi connectivity index (χ0n) is 21.8. The molecular formula is C28H36BrN7O2. The van der Waals surface area contributed by atoms with Gasteiger partial charge in [-0.2, -0.15) is 10.2 Å². The van der Waals surface area contributed by atoms with E-state index in [-0.39, 0.29) is 17.8 Å². The van der Waals surface area contributed by atoms with Crippen LogP contribution < -0.4 is 10.4 Å². The van der Waals surface area contributed by atoms with E-state index >= 15 is 0 Å². The van der Waals surface area contributed by atoms with Gasteiger partial charge < -0.3 is 4.74 Å². The predicted molar refractivity (Wildman–Crippen MR) is 148 cm³/mol. The third-order valence-electron chi connectivity index (χ3n) is 7.93. The van der Waals surface area contributed by atoms with Crippen molar-refractivity contribution in [2.24, 2.45) is 0 Å². The van der Waals surface area contributed by atoms with Crippen molar-refractivity contribution in [2.75, 3.05) is 44.4 Å². The largest absolute Gasteiger partial charge is 0.379 e. The first kappa shape index (κ1) is 27.0. The Hall–Kier alpha value is -2.58. The molecule has 3 fully saturated rings. The molecule has 0 bridgehead atoms. The summed E-state index contributed by atoms with van der Waals surface area (Å²) in [5, 5.41) is 11.2. The number of likely N-dealkylation sites (tertiary alicyclic amines) is 1. The van der Waals surface area contributed by atoms with E-state index in [2.05, 4.69) is 47.2 Å². The number of nitrogens with one attached hydrogen (secondary N) is 1. The van der Waals surface area contributed by atoms with Crippen LogP contribution in [0.3, 0.4) is 0 Å². The normalized spacial score (nSPS) is 20.1. The molecule has 9 nitrogen and oxygen atoms in total. The van der Waals surface area contributed by atoms with Crippen molar-refractivity contribution in [1.82, 2.24) is 25.2 Å². The first-order valence-electron chi connectivity index (χ1n) is 13.8. The van der Waals surface area contributed by atoms with E-state index < -0.39 is 0 Å². The van der Waals surface area contributed by atoms with E-state index in [1.807, 2.05) is 29.3 Å². The minimum absolute atomic E-state index is 0.0812. The van der Waals surface area contributed by atoms with Crippen LogP contribution in [-0.4, -0.2) is 77.2 Å². The highest BCUT2D eigenvalue weighted by Gasteiger charge is 2.28. The summed E-state index contributed by atoms with van der Waals surface area (Å²) in [4.78, 5) is 27.0. The highest BCUT2D eigenvalue weighted by molar-refractivity contribution is 9.10. The van der Waals surface area contributed by atoms with Crippen LogP contribution in [0.5, 0.6) is 0 Å². The summed E-state index contributed by atoms with van der Waals surface area (Å²) in [5.41, 5.74) is 4.88. The average molecular weight is 583 g/mol. The molecule has 1 saturated carbocycles. The van der Waals surface area contributed by atoms with E-state index in [4.69, 9.17) is 4.74 Å². The van der Waals surface area contributed by atoms with Gasteiger partial charge in [0.2, 0.25) is 5.82 Å².